The monoisotopic (exact) mass is 212 g/mol. The molecule has 1 heterocycles. The number of cyclic esters (lactones) is 1. The Morgan fingerprint density at radius 3 is 2.57 bits per heavy atom. The molecular formula is C10H16O3Si. The minimum Gasteiger partial charge on any atom is -0.490 e. The lowest BCUT2D eigenvalue weighted by atomic mass is 10.4. The first kappa shape index (κ1) is 11.0. The second-order valence-electron chi connectivity index (χ2n) is 4.51. The van der Waals surface area contributed by atoms with Crippen LogP contribution in [-0.4, -0.2) is 20.7 Å². The summed E-state index contributed by atoms with van der Waals surface area (Å²) in [7, 11) is -1.08. The van der Waals surface area contributed by atoms with Crippen molar-refractivity contribution in [3.05, 3.63) is 24.2 Å². The molecule has 0 aromatic heterocycles. The van der Waals surface area contributed by atoms with Gasteiger partial charge in [0, 0.05) is 8.07 Å². The summed E-state index contributed by atoms with van der Waals surface area (Å²) in [5.41, 5.74) is 0. The quantitative estimate of drug-likeness (QED) is 0.530. The first-order valence-electron chi connectivity index (χ1n) is 4.64. The van der Waals surface area contributed by atoms with Crippen molar-refractivity contribution < 1.29 is 14.3 Å². The average Bonchev–Trinajstić information content (AvgIpc) is 2.27. The average molecular weight is 212 g/mol. The second-order valence-corrected chi connectivity index (χ2v) is 10.1. The van der Waals surface area contributed by atoms with E-state index in [1.54, 1.807) is 0 Å². The molecule has 14 heavy (non-hydrogen) atoms. The molecule has 0 aromatic carbocycles. The zero-order chi connectivity index (χ0) is 10.8. The number of ether oxygens (including phenoxy) is 2. The number of carbonyl (C=O) groups is 1. The Hall–Kier alpha value is -1.03. The zero-order valence-electron chi connectivity index (χ0n) is 8.92. The van der Waals surface area contributed by atoms with Crippen LogP contribution in [-0.2, 0) is 14.3 Å². The van der Waals surface area contributed by atoms with E-state index in [9.17, 15) is 4.79 Å². The highest BCUT2D eigenvalue weighted by Crippen LogP contribution is 2.19. The van der Waals surface area contributed by atoms with Crippen molar-refractivity contribution in [3.63, 3.8) is 0 Å². The molecule has 1 aliphatic rings. The van der Waals surface area contributed by atoms with Crippen molar-refractivity contribution in [2.75, 3.05) is 6.61 Å². The third kappa shape index (κ3) is 3.37. The molecule has 0 unspecified atom stereocenters. The molecule has 0 atom stereocenters. The second kappa shape index (κ2) is 4.00. The first-order chi connectivity index (χ1) is 6.38. The van der Waals surface area contributed by atoms with Gasteiger partial charge in [0.2, 0.25) is 0 Å². The van der Waals surface area contributed by atoms with Gasteiger partial charge in [0.15, 0.2) is 11.5 Å². The van der Waals surface area contributed by atoms with Crippen LogP contribution in [0.2, 0.25) is 25.7 Å². The molecule has 0 saturated carbocycles. The van der Waals surface area contributed by atoms with Crippen molar-refractivity contribution in [1.82, 2.24) is 0 Å². The normalized spacial score (nSPS) is 16.6. The Labute approximate surface area is 85.4 Å². The third-order valence-corrected chi connectivity index (χ3v) is 3.56. The van der Waals surface area contributed by atoms with Gasteiger partial charge in [-0.15, -0.1) is 0 Å². The van der Waals surface area contributed by atoms with Crippen LogP contribution in [0.3, 0.4) is 0 Å². The Kier molecular flexibility index (Phi) is 3.16. The number of rotatable bonds is 4. The molecule has 1 rings (SSSR count). The topological polar surface area (TPSA) is 35.5 Å². The van der Waals surface area contributed by atoms with E-state index in [1.807, 2.05) is 0 Å². The van der Waals surface area contributed by atoms with Gasteiger partial charge in [0.1, 0.15) is 0 Å². The Morgan fingerprint density at radius 1 is 1.50 bits per heavy atom. The number of hydrogen-bond donors (Lipinski definition) is 0. The van der Waals surface area contributed by atoms with Gasteiger partial charge in [0.25, 0.3) is 0 Å². The van der Waals surface area contributed by atoms with E-state index in [0.29, 0.717) is 18.1 Å². The summed E-state index contributed by atoms with van der Waals surface area (Å²) in [6.07, 6.45) is 1.34. The number of carbonyl (C=O) groups excluding carboxylic acids is 1. The summed E-state index contributed by atoms with van der Waals surface area (Å²) in [6, 6.07) is 1.06. The third-order valence-electron chi connectivity index (χ3n) is 1.86. The highest BCUT2D eigenvalue weighted by atomic mass is 28.3. The van der Waals surface area contributed by atoms with Crippen molar-refractivity contribution in [2.24, 2.45) is 0 Å². The molecule has 0 fully saturated rings. The SMILES string of the molecule is C=C1OC(=O)C=C1OCC[Si](C)(C)C. The van der Waals surface area contributed by atoms with Gasteiger partial charge < -0.3 is 9.47 Å². The van der Waals surface area contributed by atoms with Gasteiger partial charge in [0.05, 0.1) is 12.7 Å². The van der Waals surface area contributed by atoms with Crippen LogP contribution in [0, 0.1) is 0 Å². The summed E-state index contributed by atoms with van der Waals surface area (Å²) in [5, 5.41) is 0. The maximum Gasteiger partial charge on any atom is 0.340 e. The standard InChI is InChI=1S/C10H16O3Si/c1-8-9(7-10(11)13-8)12-5-6-14(2,3)4/h7H,1,5-6H2,2-4H3. The highest BCUT2D eigenvalue weighted by molar-refractivity contribution is 6.76. The lowest BCUT2D eigenvalue weighted by Crippen LogP contribution is -2.21. The Balaban J connectivity index is 2.36. The largest absolute Gasteiger partial charge is 0.490 e. The van der Waals surface area contributed by atoms with E-state index in [1.165, 1.54) is 6.08 Å². The molecule has 0 spiro atoms. The highest BCUT2D eigenvalue weighted by Gasteiger charge is 2.20. The smallest absolute Gasteiger partial charge is 0.340 e. The van der Waals surface area contributed by atoms with E-state index in [2.05, 4.69) is 26.2 Å². The molecule has 0 aromatic rings. The fraction of sp³-hybridized carbons (Fsp3) is 0.500. The van der Waals surface area contributed by atoms with Gasteiger partial charge in [-0.05, 0) is 6.04 Å². The number of esters is 1. The minimum atomic E-state index is -1.08. The van der Waals surface area contributed by atoms with Crippen LogP contribution in [0.1, 0.15) is 0 Å². The summed E-state index contributed by atoms with van der Waals surface area (Å²) in [5.74, 6) is 0.414. The maximum atomic E-state index is 10.8. The lowest BCUT2D eigenvalue weighted by Gasteiger charge is -2.15. The number of hydrogen-bond acceptors (Lipinski definition) is 3. The predicted octanol–water partition coefficient (Wildman–Crippen LogP) is 2.30. The van der Waals surface area contributed by atoms with E-state index in [0.717, 1.165) is 6.04 Å². The molecule has 1 aliphatic heterocycles. The van der Waals surface area contributed by atoms with Crippen molar-refractivity contribution in [2.45, 2.75) is 25.7 Å². The Bertz CT molecular complexity index is 286. The van der Waals surface area contributed by atoms with Crippen LogP contribution in [0.4, 0.5) is 0 Å². The van der Waals surface area contributed by atoms with E-state index in [-0.39, 0.29) is 0 Å². The van der Waals surface area contributed by atoms with Gasteiger partial charge in [-0.2, -0.15) is 0 Å². The van der Waals surface area contributed by atoms with Gasteiger partial charge in [-0.1, -0.05) is 26.2 Å². The molecule has 0 radical (unpaired) electrons. The maximum absolute atomic E-state index is 10.8. The fourth-order valence-corrected chi connectivity index (χ4v) is 1.69. The predicted molar refractivity (Wildman–Crippen MR) is 57.4 cm³/mol. The molecule has 0 N–H and O–H groups in total. The van der Waals surface area contributed by atoms with E-state index < -0.39 is 14.0 Å². The fourth-order valence-electron chi connectivity index (χ4n) is 0.978. The van der Waals surface area contributed by atoms with Crippen LogP contribution in [0.5, 0.6) is 0 Å². The summed E-state index contributed by atoms with van der Waals surface area (Å²) in [4.78, 5) is 10.8. The van der Waals surface area contributed by atoms with E-state index >= 15 is 0 Å². The molecule has 0 saturated heterocycles. The Morgan fingerprint density at radius 2 is 2.14 bits per heavy atom. The van der Waals surface area contributed by atoms with Crippen molar-refractivity contribution >= 4 is 14.0 Å². The molecular weight excluding hydrogens is 196 g/mol. The molecule has 0 aliphatic carbocycles. The first-order valence-corrected chi connectivity index (χ1v) is 8.35. The van der Waals surface area contributed by atoms with Crippen LogP contribution in [0.15, 0.2) is 24.2 Å². The van der Waals surface area contributed by atoms with Crippen molar-refractivity contribution in [3.8, 4) is 0 Å². The van der Waals surface area contributed by atoms with Crippen molar-refractivity contribution in [1.29, 1.82) is 0 Å². The summed E-state index contributed by atoms with van der Waals surface area (Å²) < 4.78 is 10.1. The van der Waals surface area contributed by atoms with Crippen LogP contribution < -0.4 is 0 Å². The van der Waals surface area contributed by atoms with Crippen LogP contribution in [0.25, 0.3) is 0 Å². The van der Waals surface area contributed by atoms with Crippen LogP contribution >= 0.6 is 0 Å². The van der Waals surface area contributed by atoms with Gasteiger partial charge in [-0.25, -0.2) is 4.79 Å². The minimum absolute atomic E-state index is 0.325. The lowest BCUT2D eigenvalue weighted by molar-refractivity contribution is -0.132. The van der Waals surface area contributed by atoms with Gasteiger partial charge >= 0.3 is 5.97 Å². The molecule has 0 bridgehead atoms. The zero-order valence-corrected chi connectivity index (χ0v) is 9.92. The molecule has 4 heteroatoms. The van der Waals surface area contributed by atoms with E-state index in [4.69, 9.17) is 9.47 Å². The van der Waals surface area contributed by atoms with Gasteiger partial charge in [-0.3, -0.25) is 0 Å². The summed E-state index contributed by atoms with van der Waals surface area (Å²) in [6.45, 7) is 11.0. The molecule has 3 nitrogen and oxygen atoms in total. The molecule has 78 valence electrons. The molecule has 0 amide bonds. The summed E-state index contributed by atoms with van der Waals surface area (Å²) >= 11 is 0.